The average molecular weight is 370 g/mol. The van der Waals surface area contributed by atoms with E-state index in [4.69, 9.17) is 4.74 Å². The molecule has 5 nitrogen and oxygen atoms in total. The van der Waals surface area contributed by atoms with Gasteiger partial charge in [-0.25, -0.2) is 5.43 Å². The van der Waals surface area contributed by atoms with Gasteiger partial charge in [0.25, 0.3) is 0 Å². The zero-order valence-electron chi connectivity index (χ0n) is 16.8. The number of rotatable bonds is 5. The van der Waals surface area contributed by atoms with Crippen LogP contribution in [0.25, 0.3) is 0 Å². The van der Waals surface area contributed by atoms with Crippen LogP contribution in [0.5, 0.6) is 11.5 Å². The van der Waals surface area contributed by atoms with Gasteiger partial charge in [-0.3, -0.25) is 10.0 Å². The second-order valence-corrected chi connectivity index (χ2v) is 6.06. The minimum absolute atomic E-state index is 0.0345. The number of hydrogen-bond acceptors (Lipinski definition) is 5. The van der Waals surface area contributed by atoms with E-state index in [-0.39, 0.29) is 5.41 Å². The lowest BCUT2D eigenvalue weighted by Gasteiger charge is -2.19. The van der Waals surface area contributed by atoms with Crippen molar-refractivity contribution in [2.75, 3.05) is 18.3 Å². The Kier molecular flexibility index (Phi) is 7.67. The molecule has 1 aliphatic heterocycles. The molecular formula is C22H31N3O2. The Balaban J connectivity index is 0.000000614. The van der Waals surface area contributed by atoms with Gasteiger partial charge in [0, 0.05) is 11.0 Å². The van der Waals surface area contributed by atoms with Gasteiger partial charge in [-0.05, 0) is 43.2 Å². The molecule has 1 heterocycles. The topological polar surface area (TPSA) is 57.1 Å². The summed E-state index contributed by atoms with van der Waals surface area (Å²) in [6.45, 7) is 9.20. The first-order chi connectivity index (χ1) is 13.3. The molecule has 1 saturated carbocycles. The Labute approximate surface area is 162 Å². The number of nitrogens with one attached hydrogen (secondary N) is 1. The van der Waals surface area contributed by atoms with Crippen molar-refractivity contribution in [2.24, 2.45) is 4.99 Å². The highest BCUT2D eigenvalue weighted by molar-refractivity contribution is 5.79. The SMILES string of the molecule is CC.CC.Oc1ccccc1C1(COc2ccc(N3C=NCN3)cc2)CC1. The molecule has 4 rings (SSSR count). The lowest BCUT2D eigenvalue weighted by Crippen LogP contribution is -2.30. The highest BCUT2D eigenvalue weighted by atomic mass is 16.5. The largest absolute Gasteiger partial charge is 0.508 e. The second kappa shape index (κ2) is 9.97. The molecule has 0 amide bonds. The maximum atomic E-state index is 10.1. The van der Waals surface area contributed by atoms with Crippen LogP contribution in [0.15, 0.2) is 53.5 Å². The van der Waals surface area contributed by atoms with Crippen LogP contribution in [0.2, 0.25) is 0 Å². The van der Waals surface area contributed by atoms with Gasteiger partial charge < -0.3 is 9.84 Å². The first kappa shape index (κ1) is 20.8. The molecule has 2 aromatic rings. The van der Waals surface area contributed by atoms with Gasteiger partial charge in [0.2, 0.25) is 0 Å². The third-order valence-electron chi connectivity index (χ3n) is 4.49. The Morgan fingerprint density at radius 3 is 2.26 bits per heavy atom. The molecule has 2 N–H and O–H groups in total. The van der Waals surface area contributed by atoms with Gasteiger partial charge in [0.15, 0.2) is 0 Å². The molecule has 1 fully saturated rings. The van der Waals surface area contributed by atoms with Gasteiger partial charge in [-0.1, -0.05) is 45.9 Å². The maximum absolute atomic E-state index is 10.1. The van der Waals surface area contributed by atoms with Crippen LogP contribution in [0.1, 0.15) is 46.1 Å². The van der Waals surface area contributed by atoms with Crippen molar-refractivity contribution in [3.8, 4) is 11.5 Å². The summed E-state index contributed by atoms with van der Waals surface area (Å²) < 4.78 is 5.98. The number of anilines is 1. The second-order valence-electron chi connectivity index (χ2n) is 6.06. The molecule has 5 heteroatoms. The summed E-state index contributed by atoms with van der Waals surface area (Å²) in [5.74, 6) is 1.20. The summed E-state index contributed by atoms with van der Waals surface area (Å²) in [7, 11) is 0. The van der Waals surface area contributed by atoms with E-state index in [1.54, 1.807) is 12.4 Å². The zero-order chi connectivity index (χ0) is 19.7. The fourth-order valence-corrected chi connectivity index (χ4v) is 2.93. The van der Waals surface area contributed by atoms with Gasteiger partial charge in [-0.2, -0.15) is 0 Å². The normalized spacial score (nSPS) is 15.9. The standard InChI is InChI=1S/C18H19N3O2.2C2H6/c22-17-4-2-1-3-16(17)18(9-10-18)11-23-15-7-5-14(6-8-15)21-13-19-12-20-21;2*1-2/h1-8,13,20,22H,9-12H2;2*1-2H3. The summed E-state index contributed by atoms with van der Waals surface area (Å²) in [5.41, 5.74) is 5.12. The molecule has 2 aliphatic rings. The third kappa shape index (κ3) is 5.01. The first-order valence-corrected chi connectivity index (χ1v) is 9.81. The minimum Gasteiger partial charge on any atom is -0.508 e. The monoisotopic (exact) mass is 369 g/mol. The number of aromatic hydroxyl groups is 1. The van der Waals surface area contributed by atoms with Crippen molar-refractivity contribution in [3.05, 3.63) is 54.1 Å². The van der Waals surface area contributed by atoms with Gasteiger partial charge in [0.05, 0.1) is 12.3 Å². The lowest BCUT2D eigenvalue weighted by atomic mass is 9.96. The van der Waals surface area contributed by atoms with Crippen molar-refractivity contribution >= 4 is 12.0 Å². The molecule has 0 unspecified atom stereocenters. The van der Waals surface area contributed by atoms with E-state index in [0.717, 1.165) is 29.8 Å². The fraction of sp³-hybridized carbons (Fsp3) is 0.409. The molecule has 0 bridgehead atoms. The summed E-state index contributed by atoms with van der Waals surface area (Å²) >= 11 is 0. The highest BCUT2D eigenvalue weighted by Crippen LogP contribution is 2.51. The van der Waals surface area contributed by atoms with E-state index in [9.17, 15) is 5.11 Å². The Bertz CT molecular complexity index is 725. The smallest absolute Gasteiger partial charge is 0.119 e. The van der Waals surface area contributed by atoms with Gasteiger partial charge in [0.1, 0.15) is 24.5 Å². The number of aliphatic imine (C=N–C) groups is 1. The molecule has 0 saturated heterocycles. The van der Waals surface area contributed by atoms with E-state index < -0.39 is 0 Å². The molecule has 0 spiro atoms. The Morgan fingerprint density at radius 2 is 1.70 bits per heavy atom. The van der Waals surface area contributed by atoms with Gasteiger partial charge in [-0.15, -0.1) is 0 Å². The maximum Gasteiger partial charge on any atom is 0.119 e. The predicted octanol–water partition coefficient (Wildman–Crippen LogP) is 4.87. The Morgan fingerprint density at radius 1 is 1.04 bits per heavy atom. The van der Waals surface area contributed by atoms with Gasteiger partial charge >= 0.3 is 0 Å². The molecule has 1 aliphatic carbocycles. The molecule has 0 radical (unpaired) electrons. The van der Waals surface area contributed by atoms with E-state index in [0.29, 0.717) is 19.0 Å². The molecule has 146 valence electrons. The van der Waals surface area contributed by atoms with Crippen LogP contribution < -0.4 is 15.2 Å². The number of phenolic OH excluding ortho intramolecular Hbond substituents is 1. The average Bonchev–Trinajstić information content (AvgIpc) is 3.32. The van der Waals surface area contributed by atoms with E-state index in [1.165, 1.54) is 0 Å². The van der Waals surface area contributed by atoms with Crippen molar-refractivity contribution in [1.82, 2.24) is 5.43 Å². The van der Waals surface area contributed by atoms with E-state index >= 15 is 0 Å². The lowest BCUT2D eigenvalue weighted by molar-refractivity contribution is 0.274. The van der Waals surface area contributed by atoms with Crippen molar-refractivity contribution in [2.45, 2.75) is 46.0 Å². The number of benzene rings is 2. The molecular weight excluding hydrogens is 338 g/mol. The van der Waals surface area contributed by atoms with E-state index in [1.807, 2.05) is 75.2 Å². The van der Waals surface area contributed by atoms with Crippen molar-refractivity contribution in [1.29, 1.82) is 0 Å². The summed E-state index contributed by atoms with van der Waals surface area (Å²) in [4.78, 5) is 4.12. The Hall–Kier alpha value is -2.53. The summed E-state index contributed by atoms with van der Waals surface area (Å²) in [5, 5.41) is 11.9. The van der Waals surface area contributed by atoms with Crippen LogP contribution in [0.4, 0.5) is 5.69 Å². The number of phenols is 1. The molecule has 0 atom stereocenters. The quantitative estimate of drug-likeness (QED) is 0.790. The predicted molar refractivity (Wildman–Crippen MR) is 113 cm³/mol. The van der Waals surface area contributed by atoms with Crippen LogP contribution >= 0.6 is 0 Å². The van der Waals surface area contributed by atoms with Crippen LogP contribution in [-0.2, 0) is 5.41 Å². The van der Waals surface area contributed by atoms with E-state index in [2.05, 4.69) is 10.4 Å². The number of ether oxygens (including phenoxy) is 1. The molecule has 0 aromatic heterocycles. The third-order valence-corrected chi connectivity index (χ3v) is 4.49. The highest BCUT2D eigenvalue weighted by Gasteiger charge is 2.46. The van der Waals surface area contributed by atoms with Crippen LogP contribution in [0, 0.1) is 0 Å². The number of hydrogen-bond donors (Lipinski definition) is 2. The number of para-hydroxylation sites is 1. The van der Waals surface area contributed by atoms with Crippen molar-refractivity contribution < 1.29 is 9.84 Å². The van der Waals surface area contributed by atoms with Crippen LogP contribution in [0.3, 0.4) is 0 Å². The minimum atomic E-state index is -0.0345. The first-order valence-electron chi connectivity index (χ1n) is 9.81. The van der Waals surface area contributed by atoms with Crippen molar-refractivity contribution in [3.63, 3.8) is 0 Å². The number of nitrogens with zero attached hydrogens (tertiary/aromatic N) is 2. The van der Waals surface area contributed by atoms with Crippen LogP contribution in [-0.4, -0.2) is 24.7 Å². The molecule has 27 heavy (non-hydrogen) atoms. The zero-order valence-corrected chi connectivity index (χ0v) is 16.8. The fourth-order valence-electron chi connectivity index (χ4n) is 2.93. The molecule has 2 aromatic carbocycles. The summed E-state index contributed by atoms with van der Waals surface area (Å²) in [6, 6.07) is 15.5. The number of hydrazine groups is 1. The summed E-state index contributed by atoms with van der Waals surface area (Å²) in [6.07, 6.45) is 3.88.